The molecule has 1 saturated heterocycles. The number of anilines is 1. The van der Waals surface area contributed by atoms with E-state index in [-0.39, 0.29) is 13.2 Å². The fourth-order valence-corrected chi connectivity index (χ4v) is 2.33. The molecule has 0 aliphatic carbocycles. The minimum atomic E-state index is 0.0383. The summed E-state index contributed by atoms with van der Waals surface area (Å²) in [7, 11) is 0. The Hall–Kier alpha value is -1.24. The number of aliphatic hydroxyl groups is 2. The monoisotopic (exact) mass is 267 g/mol. The second kappa shape index (κ2) is 7.37. The first kappa shape index (κ1) is 14.2. The van der Waals surface area contributed by atoms with Crippen LogP contribution in [0.25, 0.3) is 0 Å². The molecule has 6 nitrogen and oxygen atoms in total. The van der Waals surface area contributed by atoms with Crippen molar-refractivity contribution in [1.29, 1.82) is 0 Å². The van der Waals surface area contributed by atoms with E-state index in [9.17, 15) is 0 Å². The fraction of sp³-hybridized carbons (Fsp3) is 0.692. The number of ether oxygens (including phenoxy) is 1. The molecule has 1 aliphatic heterocycles. The van der Waals surface area contributed by atoms with Crippen molar-refractivity contribution in [2.75, 3.05) is 44.4 Å². The number of rotatable bonds is 6. The number of hydrogen-bond donors (Lipinski definition) is 2. The third-order valence-electron chi connectivity index (χ3n) is 3.38. The SMILES string of the molecule is OCCN(CCO)c1cc(C2CCOCC2)ncn1. The Kier molecular flexibility index (Phi) is 5.50. The predicted octanol–water partition coefficient (Wildman–Crippen LogP) is 0.162. The maximum absolute atomic E-state index is 9.06. The number of aromatic nitrogens is 2. The van der Waals surface area contributed by atoms with Gasteiger partial charge in [-0.3, -0.25) is 0 Å². The maximum Gasteiger partial charge on any atom is 0.132 e. The first-order valence-corrected chi connectivity index (χ1v) is 6.71. The van der Waals surface area contributed by atoms with Gasteiger partial charge in [-0.1, -0.05) is 0 Å². The summed E-state index contributed by atoms with van der Waals surface area (Å²) in [5, 5.41) is 18.1. The van der Waals surface area contributed by atoms with Crippen LogP contribution in [0.1, 0.15) is 24.5 Å². The fourth-order valence-electron chi connectivity index (χ4n) is 2.33. The van der Waals surface area contributed by atoms with Crippen LogP contribution >= 0.6 is 0 Å². The lowest BCUT2D eigenvalue weighted by Crippen LogP contribution is -2.30. The lowest BCUT2D eigenvalue weighted by molar-refractivity contribution is 0.0845. The van der Waals surface area contributed by atoms with Crippen LogP contribution in [0.15, 0.2) is 12.4 Å². The zero-order chi connectivity index (χ0) is 13.5. The molecule has 2 N–H and O–H groups in total. The molecular formula is C13H21N3O3. The molecule has 1 fully saturated rings. The second-order valence-electron chi connectivity index (χ2n) is 4.62. The van der Waals surface area contributed by atoms with E-state index in [1.54, 1.807) is 6.33 Å². The van der Waals surface area contributed by atoms with E-state index in [2.05, 4.69) is 9.97 Å². The van der Waals surface area contributed by atoms with E-state index in [4.69, 9.17) is 14.9 Å². The Labute approximate surface area is 113 Å². The molecule has 6 heteroatoms. The Morgan fingerprint density at radius 2 is 1.84 bits per heavy atom. The molecule has 0 spiro atoms. The highest BCUT2D eigenvalue weighted by Crippen LogP contribution is 2.26. The van der Waals surface area contributed by atoms with Crippen LogP contribution in [0, 0.1) is 0 Å². The van der Waals surface area contributed by atoms with Crippen LogP contribution in [0.3, 0.4) is 0 Å². The molecule has 0 atom stereocenters. The Morgan fingerprint density at radius 1 is 1.16 bits per heavy atom. The molecule has 2 heterocycles. The highest BCUT2D eigenvalue weighted by Gasteiger charge is 2.18. The van der Waals surface area contributed by atoms with E-state index in [1.165, 1.54) is 0 Å². The zero-order valence-electron chi connectivity index (χ0n) is 11.0. The van der Waals surface area contributed by atoms with E-state index in [0.717, 1.165) is 37.6 Å². The summed E-state index contributed by atoms with van der Waals surface area (Å²) in [5.41, 5.74) is 1.02. The lowest BCUT2D eigenvalue weighted by Gasteiger charge is -2.25. The molecule has 0 bridgehead atoms. The Balaban J connectivity index is 2.12. The summed E-state index contributed by atoms with van der Waals surface area (Å²) in [5.74, 6) is 1.18. The van der Waals surface area contributed by atoms with Crippen molar-refractivity contribution >= 4 is 5.82 Å². The summed E-state index contributed by atoms with van der Waals surface area (Å²) in [6, 6.07) is 1.96. The van der Waals surface area contributed by atoms with Crippen LogP contribution < -0.4 is 4.90 Å². The number of nitrogens with zero attached hydrogens (tertiary/aromatic N) is 3. The molecule has 19 heavy (non-hydrogen) atoms. The van der Waals surface area contributed by atoms with Crippen molar-refractivity contribution in [3.63, 3.8) is 0 Å². The lowest BCUT2D eigenvalue weighted by atomic mass is 9.96. The van der Waals surface area contributed by atoms with Crippen LogP contribution in [-0.2, 0) is 4.74 Å². The van der Waals surface area contributed by atoms with Gasteiger partial charge in [0.15, 0.2) is 0 Å². The van der Waals surface area contributed by atoms with E-state index in [1.807, 2.05) is 11.0 Å². The standard InChI is InChI=1S/C13H21N3O3/c17-5-3-16(4-6-18)13-9-12(14-10-15-13)11-1-7-19-8-2-11/h9-11,17-18H,1-8H2. The third kappa shape index (κ3) is 3.86. The van der Waals surface area contributed by atoms with Gasteiger partial charge in [-0.15, -0.1) is 0 Å². The Bertz CT molecular complexity index is 377. The first-order chi connectivity index (χ1) is 9.35. The van der Waals surface area contributed by atoms with Crippen LogP contribution in [0.5, 0.6) is 0 Å². The molecule has 1 aromatic rings. The van der Waals surface area contributed by atoms with Crippen molar-refractivity contribution in [3.8, 4) is 0 Å². The molecule has 1 aromatic heterocycles. The average molecular weight is 267 g/mol. The van der Waals surface area contributed by atoms with Gasteiger partial charge in [-0.05, 0) is 12.8 Å². The smallest absolute Gasteiger partial charge is 0.132 e. The molecule has 2 rings (SSSR count). The molecule has 0 radical (unpaired) electrons. The molecule has 106 valence electrons. The van der Waals surface area contributed by atoms with Gasteiger partial charge in [0.2, 0.25) is 0 Å². The third-order valence-corrected chi connectivity index (χ3v) is 3.38. The summed E-state index contributed by atoms with van der Waals surface area (Å²) in [6.07, 6.45) is 3.52. The number of hydrogen-bond acceptors (Lipinski definition) is 6. The van der Waals surface area contributed by atoms with Gasteiger partial charge in [0, 0.05) is 44.0 Å². The minimum Gasteiger partial charge on any atom is -0.395 e. The van der Waals surface area contributed by atoms with E-state index in [0.29, 0.717) is 19.0 Å². The number of aliphatic hydroxyl groups excluding tert-OH is 2. The maximum atomic E-state index is 9.06. The normalized spacial score (nSPS) is 16.5. The summed E-state index contributed by atoms with van der Waals surface area (Å²) < 4.78 is 5.36. The highest BCUT2D eigenvalue weighted by molar-refractivity contribution is 5.39. The Morgan fingerprint density at radius 3 is 2.47 bits per heavy atom. The van der Waals surface area contributed by atoms with Gasteiger partial charge in [-0.2, -0.15) is 0 Å². The average Bonchev–Trinajstić information content (AvgIpc) is 2.48. The van der Waals surface area contributed by atoms with Gasteiger partial charge >= 0.3 is 0 Å². The minimum absolute atomic E-state index is 0.0383. The molecule has 0 aromatic carbocycles. The summed E-state index contributed by atoms with van der Waals surface area (Å²) in [6.45, 7) is 2.56. The van der Waals surface area contributed by atoms with Gasteiger partial charge < -0.3 is 19.8 Å². The van der Waals surface area contributed by atoms with Crippen LogP contribution in [-0.4, -0.2) is 59.7 Å². The molecule has 0 amide bonds. The molecular weight excluding hydrogens is 246 g/mol. The van der Waals surface area contributed by atoms with Crippen LogP contribution in [0.4, 0.5) is 5.82 Å². The van der Waals surface area contributed by atoms with E-state index >= 15 is 0 Å². The first-order valence-electron chi connectivity index (χ1n) is 6.71. The van der Waals surface area contributed by atoms with Gasteiger partial charge in [0.1, 0.15) is 12.1 Å². The zero-order valence-corrected chi connectivity index (χ0v) is 11.0. The van der Waals surface area contributed by atoms with Crippen molar-refractivity contribution in [2.24, 2.45) is 0 Å². The van der Waals surface area contributed by atoms with Crippen molar-refractivity contribution in [2.45, 2.75) is 18.8 Å². The second-order valence-corrected chi connectivity index (χ2v) is 4.62. The molecule has 0 unspecified atom stereocenters. The van der Waals surface area contributed by atoms with Gasteiger partial charge in [0.25, 0.3) is 0 Å². The van der Waals surface area contributed by atoms with Gasteiger partial charge in [-0.25, -0.2) is 9.97 Å². The van der Waals surface area contributed by atoms with Crippen molar-refractivity contribution in [1.82, 2.24) is 9.97 Å². The predicted molar refractivity (Wildman–Crippen MR) is 71.2 cm³/mol. The molecule has 1 aliphatic rings. The molecule has 0 saturated carbocycles. The summed E-state index contributed by atoms with van der Waals surface area (Å²) >= 11 is 0. The largest absolute Gasteiger partial charge is 0.395 e. The van der Waals surface area contributed by atoms with Gasteiger partial charge in [0.05, 0.1) is 13.2 Å². The highest BCUT2D eigenvalue weighted by atomic mass is 16.5. The van der Waals surface area contributed by atoms with Crippen LogP contribution in [0.2, 0.25) is 0 Å². The quantitative estimate of drug-likeness (QED) is 0.764. The summed E-state index contributed by atoms with van der Waals surface area (Å²) in [4.78, 5) is 10.4. The topological polar surface area (TPSA) is 78.7 Å². The van der Waals surface area contributed by atoms with Crippen molar-refractivity contribution < 1.29 is 14.9 Å². The van der Waals surface area contributed by atoms with E-state index < -0.39 is 0 Å². The van der Waals surface area contributed by atoms with Crippen molar-refractivity contribution in [3.05, 3.63) is 18.1 Å².